The summed E-state index contributed by atoms with van der Waals surface area (Å²) in [4.78, 5) is 22.6. The standard InChI is InChI=1S/C14H23N5O2/c1-3-5-15-11-8-13(18-12(17-11)10-21-2)19-7-4-6-16-14(20)9-19/h8H,3-7,9-10H2,1-2H3,(H,16,20)(H,15,17,18). The average molecular weight is 293 g/mol. The second kappa shape index (κ2) is 7.78. The molecule has 1 aliphatic rings. The molecule has 1 aromatic rings. The molecule has 0 aromatic carbocycles. The molecule has 0 bridgehead atoms. The quantitative estimate of drug-likeness (QED) is 0.806. The Balaban J connectivity index is 2.22. The van der Waals surface area contributed by atoms with Crippen LogP contribution in [-0.2, 0) is 16.1 Å². The molecule has 0 radical (unpaired) electrons. The first kappa shape index (κ1) is 15.5. The van der Waals surface area contributed by atoms with Crippen LogP contribution in [0.25, 0.3) is 0 Å². The van der Waals surface area contributed by atoms with E-state index in [1.165, 1.54) is 0 Å². The maximum absolute atomic E-state index is 11.7. The second-order valence-corrected chi connectivity index (χ2v) is 5.01. The van der Waals surface area contributed by atoms with E-state index in [1.54, 1.807) is 7.11 Å². The van der Waals surface area contributed by atoms with E-state index < -0.39 is 0 Å². The van der Waals surface area contributed by atoms with Gasteiger partial charge in [0.15, 0.2) is 5.82 Å². The van der Waals surface area contributed by atoms with Crippen LogP contribution in [0.3, 0.4) is 0 Å². The first-order valence-electron chi connectivity index (χ1n) is 7.35. The molecule has 0 aliphatic carbocycles. The average Bonchev–Trinajstić information content (AvgIpc) is 2.70. The van der Waals surface area contributed by atoms with E-state index in [4.69, 9.17) is 4.74 Å². The van der Waals surface area contributed by atoms with E-state index in [0.29, 0.717) is 25.5 Å². The SMILES string of the molecule is CCCNc1cc(N2CCCNC(=O)C2)nc(COC)n1. The van der Waals surface area contributed by atoms with Crippen molar-refractivity contribution in [1.82, 2.24) is 15.3 Å². The van der Waals surface area contributed by atoms with E-state index in [-0.39, 0.29) is 5.91 Å². The van der Waals surface area contributed by atoms with Gasteiger partial charge in [-0.05, 0) is 12.8 Å². The van der Waals surface area contributed by atoms with Crippen LogP contribution in [0.15, 0.2) is 6.07 Å². The summed E-state index contributed by atoms with van der Waals surface area (Å²) in [6.07, 6.45) is 1.93. The third-order valence-corrected chi connectivity index (χ3v) is 3.17. The highest BCUT2D eigenvalue weighted by molar-refractivity contribution is 5.81. The van der Waals surface area contributed by atoms with Gasteiger partial charge < -0.3 is 20.3 Å². The number of carbonyl (C=O) groups is 1. The van der Waals surface area contributed by atoms with Crippen LogP contribution < -0.4 is 15.5 Å². The van der Waals surface area contributed by atoms with Crippen molar-refractivity contribution in [2.45, 2.75) is 26.4 Å². The lowest BCUT2D eigenvalue weighted by Crippen LogP contribution is -2.33. The fourth-order valence-corrected chi connectivity index (χ4v) is 2.18. The Morgan fingerprint density at radius 2 is 2.33 bits per heavy atom. The Labute approximate surface area is 125 Å². The third kappa shape index (κ3) is 4.56. The van der Waals surface area contributed by atoms with Gasteiger partial charge in [-0.2, -0.15) is 0 Å². The lowest BCUT2D eigenvalue weighted by Gasteiger charge is -2.21. The van der Waals surface area contributed by atoms with Gasteiger partial charge in [-0.25, -0.2) is 9.97 Å². The number of carbonyl (C=O) groups excluding carboxylic acids is 1. The summed E-state index contributed by atoms with van der Waals surface area (Å²) in [6, 6.07) is 1.90. The zero-order valence-corrected chi connectivity index (χ0v) is 12.7. The highest BCUT2D eigenvalue weighted by Gasteiger charge is 2.17. The third-order valence-electron chi connectivity index (χ3n) is 3.17. The molecule has 1 saturated heterocycles. The molecule has 1 fully saturated rings. The Morgan fingerprint density at radius 1 is 1.48 bits per heavy atom. The van der Waals surface area contributed by atoms with Crippen molar-refractivity contribution in [3.05, 3.63) is 11.9 Å². The van der Waals surface area contributed by atoms with Crippen LogP contribution >= 0.6 is 0 Å². The monoisotopic (exact) mass is 293 g/mol. The molecule has 0 saturated carbocycles. The molecule has 0 spiro atoms. The van der Waals surface area contributed by atoms with Crippen LogP contribution in [0.1, 0.15) is 25.6 Å². The van der Waals surface area contributed by atoms with Gasteiger partial charge in [-0.1, -0.05) is 6.92 Å². The summed E-state index contributed by atoms with van der Waals surface area (Å²) in [7, 11) is 1.62. The van der Waals surface area contributed by atoms with Crippen LogP contribution in [0.2, 0.25) is 0 Å². The molecule has 2 heterocycles. The Bertz CT molecular complexity index is 480. The van der Waals surface area contributed by atoms with E-state index in [9.17, 15) is 4.79 Å². The number of nitrogens with zero attached hydrogens (tertiary/aromatic N) is 3. The molecule has 0 unspecified atom stereocenters. The second-order valence-electron chi connectivity index (χ2n) is 5.01. The summed E-state index contributed by atoms with van der Waals surface area (Å²) in [5.74, 6) is 2.20. The molecular formula is C14H23N5O2. The van der Waals surface area contributed by atoms with Crippen LogP contribution in [0.5, 0.6) is 0 Å². The minimum atomic E-state index is 0.0301. The van der Waals surface area contributed by atoms with Gasteiger partial charge in [0, 0.05) is 32.8 Å². The largest absolute Gasteiger partial charge is 0.377 e. The van der Waals surface area contributed by atoms with Gasteiger partial charge in [0.1, 0.15) is 18.2 Å². The fourth-order valence-electron chi connectivity index (χ4n) is 2.18. The van der Waals surface area contributed by atoms with E-state index in [0.717, 1.165) is 37.6 Å². The number of amides is 1. The van der Waals surface area contributed by atoms with Crippen molar-refractivity contribution in [3.63, 3.8) is 0 Å². The first-order valence-corrected chi connectivity index (χ1v) is 7.35. The predicted molar refractivity (Wildman–Crippen MR) is 81.4 cm³/mol. The molecule has 116 valence electrons. The Hall–Kier alpha value is -1.89. The van der Waals surface area contributed by atoms with Crippen molar-refractivity contribution >= 4 is 17.5 Å². The van der Waals surface area contributed by atoms with Crippen molar-refractivity contribution in [1.29, 1.82) is 0 Å². The minimum Gasteiger partial charge on any atom is -0.377 e. The van der Waals surface area contributed by atoms with Gasteiger partial charge in [0.25, 0.3) is 0 Å². The highest BCUT2D eigenvalue weighted by Crippen LogP contribution is 2.17. The minimum absolute atomic E-state index is 0.0301. The number of hydrogen-bond donors (Lipinski definition) is 2. The van der Waals surface area contributed by atoms with Gasteiger partial charge in [0.2, 0.25) is 5.91 Å². The zero-order valence-electron chi connectivity index (χ0n) is 12.7. The molecular weight excluding hydrogens is 270 g/mol. The molecule has 1 aliphatic heterocycles. The highest BCUT2D eigenvalue weighted by atomic mass is 16.5. The lowest BCUT2D eigenvalue weighted by molar-refractivity contribution is -0.119. The number of methoxy groups -OCH3 is 1. The van der Waals surface area contributed by atoms with Gasteiger partial charge in [-0.3, -0.25) is 4.79 Å². The van der Waals surface area contributed by atoms with E-state index in [2.05, 4.69) is 27.5 Å². The van der Waals surface area contributed by atoms with Crippen molar-refractivity contribution in [3.8, 4) is 0 Å². The number of aromatic nitrogens is 2. The molecule has 0 atom stereocenters. The Kier molecular flexibility index (Phi) is 5.74. The summed E-state index contributed by atoms with van der Waals surface area (Å²) < 4.78 is 5.12. The number of nitrogens with one attached hydrogen (secondary N) is 2. The smallest absolute Gasteiger partial charge is 0.239 e. The Morgan fingerprint density at radius 3 is 3.10 bits per heavy atom. The maximum atomic E-state index is 11.7. The molecule has 2 rings (SSSR count). The molecule has 21 heavy (non-hydrogen) atoms. The van der Waals surface area contributed by atoms with Crippen molar-refractivity contribution in [2.75, 3.05) is 43.5 Å². The van der Waals surface area contributed by atoms with Gasteiger partial charge in [-0.15, -0.1) is 0 Å². The van der Waals surface area contributed by atoms with Crippen LogP contribution in [0, 0.1) is 0 Å². The lowest BCUT2D eigenvalue weighted by atomic mass is 10.3. The predicted octanol–water partition coefficient (Wildman–Crippen LogP) is 0.771. The summed E-state index contributed by atoms with van der Waals surface area (Å²) in [5.41, 5.74) is 0. The van der Waals surface area contributed by atoms with Crippen LogP contribution in [0.4, 0.5) is 11.6 Å². The molecule has 7 heteroatoms. The number of rotatable bonds is 6. The van der Waals surface area contributed by atoms with Crippen LogP contribution in [-0.4, -0.2) is 49.2 Å². The first-order chi connectivity index (χ1) is 10.2. The van der Waals surface area contributed by atoms with Gasteiger partial charge >= 0.3 is 0 Å². The normalized spacial score (nSPS) is 15.5. The zero-order chi connectivity index (χ0) is 15.1. The summed E-state index contributed by atoms with van der Waals surface area (Å²) in [6.45, 7) is 5.15. The topological polar surface area (TPSA) is 79.4 Å². The molecule has 2 N–H and O–H groups in total. The fraction of sp³-hybridized carbons (Fsp3) is 0.643. The molecule has 1 aromatic heterocycles. The van der Waals surface area contributed by atoms with E-state index in [1.807, 2.05) is 11.0 Å². The molecule has 7 nitrogen and oxygen atoms in total. The molecule has 1 amide bonds. The number of hydrogen-bond acceptors (Lipinski definition) is 6. The summed E-state index contributed by atoms with van der Waals surface area (Å²) in [5, 5.41) is 6.13. The number of anilines is 2. The maximum Gasteiger partial charge on any atom is 0.239 e. The van der Waals surface area contributed by atoms with Gasteiger partial charge in [0.05, 0.1) is 6.54 Å². The van der Waals surface area contributed by atoms with E-state index >= 15 is 0 Å². The number of ether oxygens (including phenoxy) is 1. The summed E-state index contributed by atoms with van der Waals surface area (Å²) >= 11 is 0. The van der Waals surface area contributed by atoms with Crippen molar-refractivity contribution < 1.29 is 9.53 Å². The van der Waals surface area contributed by atoms with Crippen molar-refractivity contribution in [2.24, 2.45) is 0 Å².